The predicted molar refractivity (Wildman–Crippen MR) is 122 cm³/mol. The van der Waals surface area contributed by atoms with Gasteiger partial charge in [-0.15, -0.1) is 0 Å². The molecule has 2 heterocycles. The van der Waals surface area contributed by atoms with Gasteiger partial charge in [-0.1, -0.05) is 11.6 Å². The van der Waals surface area contributed by atoms with Crippen LogP contribution in [-0.4, -0.2) is 26.8 Å². The molecule has 182 valence electrons. The van der Waals surface area contributed by atoms with E-state index in [1.165, 1.54) is 36.8 Å². The van der Waals surface area contributed by atoms with E-state index in [1.807, 2.05) is 0 Å². The van der Waals surface area contributed by atoms with E-state index in [9.17, 15) is 27.9 Å². The van der Waals surface area contributed by atoms with E-state index in [1.54, 1.807) is 12.1 Å². The summed E-state index contributed by atoms with van der Waals surface area (Å²) in [6, 6.07) is 7.87. The van der Waals surface area contributed by atoms with Gasteiger partial charge in [-0.3, -0.25) is 19.6 Å². The molecule has 0 spiro atoms. The minimum atomic E-state index is -4.58. The van der Waals surface area contributed by atoms with E-state index in [4.69, 9.17) is 11.6 Å². The summed E-state index contributed by atoms with van der Waals surface area (Å²) in [4.78, 5) is 33.2. The zero-order valence-electron chi connectivity index (χ0n) is 18.2. The van der Waals surface area contributed by atoms with Gasteiger partial charge in [-0.25, -0.2) is 0 Å². The van der Waals surface area contributed by atoms with E-state index < -0.39 is 17.2 Å². The predicted octanol–water partition coefficient (Wildman–Crippen LogP) is 5.27. The van der Waals surface area contributed by atoms with Crippen molar-refractivity contribution in [3.05, 3.63) is 76.8 Å². The number of amides is 1. The zero-order chi connectivity index (χ0) is 25.2. The van der Waals surface area contributed by atoms with E-state index in [0.717, 1.165) is 6.07 Å². The monoisotopic (exact) mass is 504 g/mol. The first-order valence-corrected chi connectivity index (χ1v) is 11.0. The average molecular weight is 505 g/mol. The number of alkyl halides is 3. The first kappa shape index (κ1) is 24.5. The van der Waals surface area contributed by atoms with Crippen LogP contribution in [0.3, 0.4) is 0 Å². The molecule has 1 aliphatic carbocycles. The van der Waals surface area contributed by atoms with Crippen molar-refractivity contribution in [2.45, 2.75) is 32.0 Å². The van der Waals surface area contributed by atoms with Crippen LogP contribution in [0, 0.1) is 5.41 Å². The molecule has 0 atom stereocenters. The van der Waals surface area contributed by atoms with Crippen molar-refractivity contribution in [1.29, 1.82) is 0 Å². The van der Waals surface area contributed by atoms with E-state index in [0.29, 0.717) is 24.2 Å². The van der Waals surface area contributed by atoms with Crippen molar-refractivity contribution in [3.63, 3.8) is 0 Å². The third-order valence-corrected chi connectivity index (χ3v) is 5.94. The summed E-state index contributed by atoms with van der Waals surface area (Å²) in [5, 5.41) is 14.9. The Morgan fingerprint density at radius 3 is 2.49 bits per heavy atom. The lowest BCUT2D eigenvalue weighted by molar-refractivity contribution is -0.137. The van der Waals surface area contributed by atoms with Crippen molar-refractivity contribution in [2.75, 3.05) is 5.32 Å². The molecule has 3 N–H and O–H groups in total. The number of rotatable bonds is 8. The van der Waals surface area contributed by atoms with Gasteiger partial charge in [0.2, 0.25) is 5.91 Å². The lowest BCUT2D eigenvalue weighted by Crippen LogP contribution is -2.33. The Balaban J connectivity index is 1.35. The summed E-state index contributed by atoms with van der Waals surface area (Å²) in [6.45, 7) is 0.0947. The summed E-state index contributed by atoms with van der Waals surface area (Å²) in [7, 11) is 0. The van der Waals surface area contributed by atoms with Gasteiger partial charge in [-0.2, -0.15) is 13.2 Å². The molecule has 35 heavy (non-hydrogen) atoms. The van der Waals surface area contributed by atoms with Crippen molar-refractivity contribution >= 4 is 34.7 Å². The Morgan fingerprint density at radius 1 is 1.09 bits per heavy atom. The van der Waals surface area contributed by atoms with E-state index in [-0.39, 0.29) is 46.7 Å². The quantitative estimate of drug-likeness (QED) is 0.361. The molecule has 0 aliphatic heterocycles. The molecule has 4 rings (SSSR count). The maximum absolute atomic E-state index is 13.3. The zero-order valence-corrected chi connectivity index (χ0v) is 19.0. The van der Waals surface area contributed by atoms with Crippen molar-refractivity contribution in [2.24, 2.45) is 5.41 Å². The lowest BCUT2D eigenvalue weighted by Gasteiger charge is -2.16. The molecule has 1 aliphatic rings. The molecule has 11 heteroatoms. The number of halogens is 4. The second-order valence-corrected chi connectivity index (χ2v) is 8.78. The first-order valence-electron chi connectivity index (χ1n) is 10.6. The van der Waals surface area contributed by atoms with Crippen LogP contribution < -0.4 is 10.6 Å². The minimum absolute atomic E-state index is 0.00286. The molecule has 3 aromatic rings. The molecule has 7 nitrogen and oxygen atoms in total. The largest absolute Gasteiger partial charge is 0.506 e. The summed E-state index contributed by atoms with van der Waals surface area (Å²) in [5.41, 5.74) is -0.790. The second kappa shape index (κ2) is 9.53. The lowest BCUT2D eigenvalue weighted by atomic mass is 9.95. The third-order valence-electron chi connectivity index (χ3n) is 5.70. The van der Waals surface area contributed by atoms with Gasteiger partial charge in [0, 0.05) is 23.2 Å². The van der Waals surface area contributed by atoms with Crippen molar-refractivity contribution in [1.82, 2.24) is 15.3 Å². The number of aromatic nitrogens is 2. The van der Waals surface area contributed by atoms with Gasteiger partial charge >= 0.3 is 6.18 Å². The van der Waals surface area contributed by atoms with Crippen LogP contribution in [0.5, 0.6) is 5.75 Å². The number of benzene rings is 1. The number of pyridine rings is 2. The highest BCUT2D eigenvalue weighted by Crippen LogP contribution is 2.49. The molecule has 1 fully saturated rings. The highest BCUT2D eigenvalue weighted by atomic mass is 35.5. The molecule has 1 saturated carbocycles. The number of carbonyl (C=O) groups excluding carboxylic acids is 2. The number of nitrogens with zero attached hydrogens (tertiary/aromatic N) is 2. The number of aromatic hydroxyl groups is 1. The fourth-order valence-electron chi connectivity index (χ4n) is 3.60. The van der Waals surface area contributed by atoms with Crippen LogP contribution >= 0.6 is 11.6 Å². The maximum Gasteiger partial charge on any atom is 0.418 e. The minimum Gasteiger partial charge on any atom is -0.506 e. The maximum atomic E-state index is 13.3. The Labute approximate surface area is 203 Å². The van der Waals surface area contributed by atoms with Crippen LogP contribution in [0.15, 0.2) is 55.0 Å². The number of Topliss-reactive ketones (excluding diaryl/α,β-unsaturated/α-hetero) is 1. The van der Waals surface area contributed by atoms with E-state index in [2.05, 4.69) is 20.6 Å². The third kappa shape index (κ3) is 5.89. The topological polar surface area (TPSA) is 104 Å². The number of hydrogen-bond acceptors (Lipinski definition) is 6. The number of hydrogen-bond donors (Lipinski definition) is 3. The van der Waals surface area contributed by atoms with Crippen LogP contribution in [0.1, 0.15) is 40.9 Å². The van der Waals surface area contributed by atoms with Gasteiger partial charge in [0.25, 0.3) is 0 Å². The van der Waals surface area contributed by atoms with Gasteiger partial charge in [-0.05, 0) is 49.2 Å². The SMILES string of the molecule is O=C(CC1(C(=O)NCc2ccc(Nc3ccc(Cl)cc3C(F)(F)F)cn2)CC1)c1cncc(O)c1. The summed E-state index contributed by atoms with van der Waals surface area (Å²) in [6.07, 6.45) is 0.477. The molecule has 1 amide bonds. The molecule has 0 unspecified atom stereocenters. The van der Waals surface area contributed by atoms with E-state index >= 15 is 0 Å². The summed E-state index contributed by atoms with van der Waals surface area (Å²) in [5.74, 6) is -0.686. The van der Waals surface area contributed by atoms with Crippen molar-refractivity contribution < 1.29 is 27.9 Å². The van der Waals surface area contributed by atoms with Gasteiger partial charge in [0.1, 0.15) is 5.75 Å². The summed E-state index contributed by atoms with van der Waals surface area (Å²) < 4.78 is 39.8. The molecule has 0 saturated heterocycles. The van der Waals surface area contributed by atoms with Crippen LogP contribution in [0.25, 0.3) is 0 Å². The molecule has 0 radical (unpaired) electrons. The fourth-order valence-corrected chi connectivity index (χ4v) is 3.77. The van der Waals surface area contributed by atoms with Crippen LogP contribution in [-0.2, 0) is 17.5 Å². The number of anilines is 2. The van der Waals surface area contributed by atoms with Crippen LogP contribution in [0.2, 0.25) is 5.02 Å². The number of ketones is 1. The second-order valence-electron chi connectivity index (χ2n) is 8.35. The standard InChI is InChI=1S/C24H20ClF3N4O3/c25-15-1-4-20(19(8-15)24(26,27)28)32-17-3-2-16(30-12-17)11-31-22(35)23(5-6-23)9-21(34)14-7-18(33)13-29-10-14/h1-4,7-8,10,12-13,32-33H,5-6,9,11H2,(H,31,35). The molecule has 0 bridgehead atoms. The van der Waals surface area contributed by atoms with Crippen LogP contribution in [0.4, 0.5) is 24.5 Å². The Bertz CT molecular complexity index is 1260. The number of carbonyl (C=O) groups is 2. The highest BCUT2D eigenvalue weighted by molar-refractivity contribution is 6.30. The summed E-state index contributed by atoms with van der Waals surface area (Å²) >= 11 is 5.70. The van der Waals surface area contributed by atoms with Gasteiger partial charge in [0.15, 0.2) is 5.78 Å². The van der Waals surface area contributed by atoms with Gasteiger partial charge in [0.05, 0.1) is 47.0 Å². The Kier molecular flexibility index (Phi) is 6.66. The van der Waals surface area contributed by atoms with Gasteiger partial charge < -0.3 is 15.7 Å². The number of nitrogens with one attached hydrogen (secondary N) is 2. The average Bonchev–Trinajstić information content (AvgIpc) is 3.59. The molecule has 1 aromatic carbocycles. The van der Waals surface area contributed by atoms with Crippen molar-refractivity contribution in [3.8, 4) is 5.75 Å². The smallest absolute Gasteiger partial charge is 0.418 e. The highest BCUT2D eigenvalue weighted by Gasteiger charge is 2.51. The Morgan fingerprint density at radius 2 is 1.86 bits per heavy atom. The Hall–Kier alpha value is -3.66. The normalized spacial score (nSPS) is 14.3. The first-order chi connectivity index (χ1) is 16.6. The molecular formula is C24H20ClF3N4O3. The fraction of sp³-hybridized carbons (Fsp3) is 0.250. The molecular weight excluding hydrogens is 485 g/mol. The molecule has 2 aromatic heterocycles.